The molecule has 0 aliphatic rings. The minimum Gasteiger partial charge on any atom is -0.487 e. The molecule has 0 aliphatic carbocycles. The number of hydrogen-bond acceptors (Lipinski definition) is 15. The molecule has 1 amide bonds. The van der Waals surface area contributed by atoms with Gasteiger partial charge in [0.05, 0.1) is 35.7 Å². The second-order valence-electron chi connectivity index (χ2n) is 13.2. The van der Waals surface area contributed by atoms with E-state index in [0.717, 1.165) is 24.5 Å². The number of benzene rings is 4. The molecule has 2 atom stereocenters. The predicted octanol–water partition coefficient (Wildman–Crippen LogP) is 9.83. The maximum Gasteiger partial charge on any atom is 0.247 e. The first-order valence-electron chi connectivity index (χ1n) is 19.1. The highest BCUT2D eigenvalue weighted by Gasteiger charge is 2.14. The fraction of sp³-hybridized carbons (Fsp3) is 0.136. The minimum absolute atomic E-state index is 0. The van der Waals surface area contributed by atoms with Gasteiger partial charge in [0.1, 0.15) is 23.7 Å². The number of nitrogens with two attached hydrogens (primary N) is 1. The van der Waals surface area contributed by atoms with E-state index in [1.54, 1.807) is 98.8 Å². The lowest BCUT2D eigenvalue weighted by Crippen LogP contribution is -2.16. The van der Waals surface area contributed by atoms with E-state index in [2.05, 4.69) is 59.7 Å². The average Bonchev–Trinajstić information content (AvgIpc) is 3.28. The van der Waals surface area contributed by atoms with Gasteiger partial charge in [-0.15, -0.1) is 0 Å². The van der Waals surface area contributed by atoms with Crippen molar-refractivity contribution in [1.29, 1.82) is 0 Å². The van der Waals surface area contributed by atoms with Crippen molar-refractivity contribution in [2.24, 2.45) is 0 Å². The van der Waals surface area contributed by atoms with Gasteiger partial charge in [-0.3, -0.25) is 14.3 Å². The highest BCUT2D eigenvalue weighted by atomic mass is 35.5. The first kappa shape index (κ1) is 53.2. The first-order chi connectivity index (χ1) is 31.1. The van der Waals surface area contributed by atoms with Crippen LogP contribution in [0.4, 0.5) is 71.1 Å². The van der Waals surface area contributed by atoms with Gasteiger partial charge < -0.3 is 52.0 Å². The van der Waals surface area contributed by atoms with Crippen molar-refractivity contribution >= 4 is 104 Å². The Labute approximate surface area is 392 Å². The van der Waals surface area contributed by atoms with Crippen LogP contribution in [0, 0.1) is 11.6 Å². The second-order valence-corrected chi connectivity index (χ2v) is 14.4. The minimum atomic E-state index is -0.659. The van der Waals surface area contributed by atoms with Gasteiger partial charge in [0.2, 0.25) is 23.0 Å². The Morgan fingerprint density at radius 3 is 1.55 bits per heavy atom. The molecule has 0 saturated heterocycles. The first-order valence-corrected chi connectivity index (χ1v) is 20.2. The Bertz CT molecular complexity index is 2600. The lowest BCUT2D eigenvalue weighted by atomic mass is 10.2. The van der Waals surface area contributed by atoms with Crippen LogP contribution in [-0.4, -0.2) is 66.7 Å². The Morgan fingerprint density at radius 1 is 0.697 bits per heavy atom. The third-order valence-corrected chi connectivity index (χ3v) is 8.70. The number of amides is 1. The van der Waals surface area contributed by atoms with Gasteiger partial charge >= 0.3 is 0 Å². The Balaban J connectivity index is 0.000000315. The monoisotopic (exact) mass is 970 g/mol. The van der Waals surface area contributed by atoms with Crippen molar-refractivity contribution in [3.63, 3.8) is 0 Å². The molecule has 6 aromatic rings. The Kier molecular flexibility index (Phi) is 21.4. The van der Waals surface area contributed by atoms with Gasteiger partial charge in [-0.05, 0) is 98.3 Å². The molecule has 0 radical (unpaired) electrons. The molecular weight excluding hydrogens is 928 g/mol. The number of allylic oxidation sites excluding steroid dienone is 1. The van der Waals surface area contributed by atoms with Crippen molar-refractivity contribution in [3.8, 4) is 11.5 Å². The fourth-order valence-electron chi connectivity index (χ4n) is 4.90. The number of carbonyl (C=O) groups excluding carboxylic acids is 2. The summed E-state index contributed by atoms with van der Waals surface area (Å²) in [5, 5.41) is 32.9. The van der Waals surface area contributed by atoms with Crippen LogP contribution in [0.5, 0.6) is 11.5 Å². The summed E-state index contributed by atoms with van der Waals surface area (Å²) in [7, 11) is 0. The summed E-state index contributed by atoms with van der Waals surface area (Å²) in [6, 6.07) is 23.5. The highest BCUT2D eigenvalue weighted by molar-refractivity contribution is 6.66. The molecule has 0 unspecified atom stereocenters. The number of nitrogen functional groups attached to an aromatic ring is 1. The quantitative estimate of drug-likeness (QED) is 0.0242. The molecule has 0 aliphatic heterocycles. The summed E-state index contributed by atoms with van der Waals surface area (Å²) in [5.41, 5.74) is 9.05. The van der Waals surface area contributed by atoms with E-state index in [1.165, 1.54) is 0 Å². The summed E-state index contributed by atoms with van der Waals surface area (Å²) in [4.78, 5) is 37.2. The lowest BCUT2D eigenvalue weighted by Gasteiger charge is -2.15. The van der Waals surface area contributed by atoms with Crippen molar-refractivity contribution < 1.29 is 42.8 Å². The number of nitrogens with one attached hydrogen (secondary N) is 5. The molecule has 0 saturated carbocycles. The summed E-state index contributed by atoms with van der Waals surface area (Å²) < 4.78 is 39.5. The van der Waals surface area contributed by atoms with Crippen LogP contribution in [0.15, 0.2) is 123 Å². The van der Waals surface area contributed by atoms with E-state index in [9.17, 15) is 23.5 Å². The van der Waals surface area contributed by atoms with E-state index < -0.39 is 29.1 Å². The molecule has 9 N–H and O–H groups in total. The molecule has 0 spiro atoms. The van der Waals surface area contributed by atoms with E-state index >= 15 is 0 Å². The molecule has 0 fully saturated rings. The molecule has 16 nitrogen and oxygen atoms in total. The number of nitrogens with zero attached hydrogens (tertiary/aromatic N) is 4. The highest BCUT2D eigenvalue weighted by Crippen LogP contribution is 2.32. The fourth-order valence-corrected chi connectivity index (χ4v) is 5.22. The van der Waals surface area contributed by atoms with Crippen LogP contribution >= 0.6 is 34.8 Å². The van der Waals surface area contributed by atoms with Crippen molar-refractivity contribution in [3.05, 3.63) is 144 Å². The van der Waals surface area contributed by atoms with Crippen LogP contribution in [-0.2, 0) is 9.59 Å². The van der Waals surface area contributed by atoms with Crippen LogP contribution in [0.25, 0.3) is 0 Å². The van der Waals surface area contributed by atoms with Gasteiger partial charge in [0.15, 0.2) is 23.3 Å². The molecule has 348 valence electrons. The zero-order valence-electron chi connectivity index (χ0n) is 35.1. The maximum absolute atomic E-state index is 14.3. The summed E-state index contributed by atoms with van der Waals surface area (Å²) in [6.45, 7) is 9.59. The number of hydrogen-bond donors (Lipinski definition) is 8. The smallest absolute Gasteiger partial charge is 0.247 e. The number of ether oxygens (including phenoxy) is 2. The topological polar surface area (TPSA) is 231 Å². The van der Waals surface area contributed by atoms with Gasteiger partial charge in [0, 0.05) is 46.3 Å². The molecule has 66 heavy (non-hydrogen) atoms. The third-order valence-electron chi connectivity index (χ3n) is 7.92. The number of aromatic nitrogens is 4. The molecule has 22 heteroatoms. The number of rotatable bonds is 17. The van der Waals surface area contributed by atoms with Gasteiger partial charge in [-0.1, -0.05) is 48.5 Å². The van der Waals surface area contributed by atoms with E-state index in [4.69, 9.17) is 55.1 Å². The number of carbonyl (C=O) groups is 2. The van der Waals surface area contributed by atoms with Crippen molar-refractivity contribution in [2.45, 2.75) is 26.1 Å². The summed E-state index contributed by atoms with van der Waals surface area (Å²) in [5.74, 6) is -0.605. The van der Waals surface area contributed by atoms with Gasteiger partial charge in [-0.25, -0.2) is 18.7 Å². The number of aliphatic hydroxyl groups is 2. The predicted molar refractivity (Wildman–Crippen MR) is 254 cm³/mol. The van der Waals surface area contributed by atoms with E-state index in [-0.39, 0.29) is 47.4 Å². The Hall–Kier alpha value is -7.16. The zero-order chi connectivity index (χ0) is 47.5. The summed E-state index contributed by atoms with van der Waals surface area (Å²) >= 11 is 17.0. The summed E-state index contributed by atoms with van der Waals surface area (Å²) in [6.07, 6.45) is 3.44. The SMILES string of the molecule is C=CC(=O)Cl.C=CC(=O)Nc1cccc(Nc2nc(Nc3ccc(Cl)c(O[C@@H](C)CO)c3)ncc2F)c1.C[C@@H](CO)Oc1cc(Nc2ncc(F)c(Nc3cccc(N)c3)n2)ccc1Cl.F. The average molecular weight is 972 g/mol. The zero-order valence-corrected chi connectivity index (χ0v) is 37.3. The number of aliphatic hydroxyl groups excluding tert-OH is 2. The lowest BCUT2D eigenvalue weighted by molar-refractivity contribution is -0.112. The molecule has 4 aromatic carbocycles. The molecule has 2 heterocycles. The maximum atomic E-state index is 14.3. The number of halogens is 6. The van der Waals surface area contributed by atoms with E-state index in [0.29, 0.717) is 55.7 Å². The molecule has 0 bridgehead atoms. The third kappa shape index (κ3) is 17.4. The van der Waals surface area contributed by atoms with Crippen LogP contribution in [0.2, 0.25) is 10.0 Å². The van der Waals surface area contributed by atoms with Crippen molar-refractivity contribution in [1.82, 2.24) is 19.9 Å². The second kappa shape index (κ2) is 26.6. The van der Waals surface area contributed by atoms with Gasteiger partial charge in [0.25, 0.3) is 0 Å². The molecule has 6 rings (SSSR count). The van der Waals surface area contributed by atoms with Crippen molar-refractivity contribution in [2.75, 3.05) is 45.5 Å². The standard InChI is InChI=1S/C22H21ClFN5O3.C19H19ClFN5O2.C3H3ClO.FH/c1-3-20(31)26-14-5-4-6-15(9-14)27-21-18(24)11-25-22(29-21)28-16-7-8-17(23)19(10-16)32-13(2)12-30;1-11(10-27)28-17-8-14(5-6-15(17)20)25-19-23-9-16(21)18(26-19)24-13-4-2-3-12(22)7-13;1-2-3(4)5;/h3-11,13,30H,1,12H2,2H3,(H,26,31)(H2,25,27,28,29);2-9,11,27H,10,22H2,1H3,(H2,23,24,25,26);2H,1H2;1H/t13-;11-;;/m00../s1. The van der Waals surface area contributed by atoms with Crippen LogP contribution < -0.4 is 41.8 Å². The number of anilines is 10. The largest absolute Gasteiger partial charge is 0.487 e. The molecular formula is C44H44Cl3F3N10O6. The van der Waals surface area contributed by atoms with Gasteiger partial charge in [-0.2, -0.15) is 9.97 Å². The normalized spacial score (nSPS) is 11.0. The van der Waals surface area contributed by atoms with Crippen LogP contribution in [0.3, 0.4) is 0 Å². The van der Waals surface area contributed by atoms with Crippen LogP contribution in [0.1, 0.15) is 13.8 Å². The Morgan fingerprint density at radius 2 is 1.12 bits per heavy atom. The molecule has 2 aromatic heterocycles. The van der Waals surface area contributed by atoms with E-state index in [1.807, 2.05) is 0 Å².